The van der Waals surface area contributed by atoms with Gasteiger partial charge in [-0.3, -0.25) is 9.48 Å². The number of hydrogen-bond acceptors (Lipinski definition) is 6. The maximum absolute atomic E-state index is 13.8. The largest absolute Gasteiger partial charge is 0.367 e. The second-order valence-corrected chi connectivity index (χ2v) is 11.5. The maximum atomic E-state index is 13.8. The molecule has 1 aliphatic heterocycles. The molecule has 1 amide bonds. The van der Waals surface area contributed by atoms with Crippen LogP contribution in [0.3, 0.4) is 0 Å². The van der Waals surface area contributed by atoms with E-state index in [4.69, 9.17) is 16.1 Å². The second kappa shape index (κ2) is 12.9. The molecule has 0 radical (unpaired) electrons. The summed E-state index contributed by atoms with van der Waals surface area (Å²) in [6, 6.07) is 9.43. The Kier molecular flexibility index (Phi) is 9.10. The molecule has 2 aromatic heterocycles. The maximum Gasteiger partial charge on any atom is 0.251 e. The summed E-state index contributed by atoms with van der Waals surface area (Å²) in [5.41, 5.74) is 9.81. The van der Waals surface area contributed by atoms with Gasteiger partial charge in [0.2, 0.25) is 0 Å². The van der Waals surface area contributed by atoms with Crippen molar-refractivity contribution in [1.82, 2.24) is 19.7 Å². The van der Waals surface area contributed by atoms with Crippen molar-refractivity contribution in [2.45, 2.75) is 45.7 Å². The van der Waals surface area contributed by atoms with Gasteiger partial charge in [-0.25, -0.2) is 18.2 Å². The van der Waals surface area contributed by atoms with E-state index in [0.717, 1.165) is 49.0 Å². The van der Waals surface area contributed by atoms with Crippen LogP contribution < -0.4 is 11.1 Å². The fourth-order valence-electron chi connectivity index (χ4n) is 5.79. The number of nitrogens with two attached hydrogens (primary N) is 1. The van der Waals surface area contributed by atoms with Crippen LogP contribution in [0.5, 0.6) is 0 Å². The van der Waals surface area contributed by atoms with Crippen molar-refractivity contribution in [3.63, 3.8) is 0 Å². The summed E-state index contributed by atoms with van der Waals surface area (Å²) < 4.78 is 41.7. The molecule has 0 unspecified atom stereocenters. The number of nitrogens with zero attached hydrogens (tertiary/aromatic N) is 4. The Hall–Kier alpha value is -4.25. The summed E-state index contributed by atoms with van der Waals surface area (Å²) in [6.07, 6.45) is 4.99. The predicted octanol–water partition coefficient (Wildman–Crippen LogP) is 5.57. The second-order valence-electron chi connectivity index (χ2n) is 11.5. The van der Waals surface area contributed by atoms with Crippen LogP contribution in [0.15, 0.2) is 42.6 Å². The monoisotopic (exact) mass is 591 g/mol. The topological polar surface area (TPSA) is 113 Å². The fraction of sp³-hybridized carbons (Fsp3) is 0.375. The van der Waals surface area contributed by atoms with Crippen molar-refractivity contribution < 1.29 is 18.0 Å². The number of likely N-dealkylation sites (tertiary alicyclic amines) is 1. The number of benzene rings is 2. The van der Waals surface area contributed by atoms with Gasteiger partial charge in [0, 0.05) is 48.4 Å². The van der Waals surface area contributed by atoms with Gasteiger partial charge in [-0.15, -0.1) is 0 Å². The van der Waals surface area contributed by atoms with E-state index in [9.17, 15) is 18.0 Å². The molecule has 0 aliphatic carbocycles. The molecule has 4 N–H and O–H groups in total. The zero-order valence-corrected chi connectivity index (χ0v) is 24.3. The molecule has 43 heavy (non-hydrogen) atoms. The van der Waals surface area contributed by atoms with Crippen LogP contribution >= 0.6 is 0 Å². The van der Waals surface area contributed by atoms with Crippen LogP contribution in [0.25, 0.3) is 22.0 Å². The van der Waals surface area contributed by atoms with Crippen LogP contribution in [0, 0.1) is 23.0 Å². The van der Waals surface area contributed by atoms with E-state index < -0.39 is 17.5 Å². The predicted molar refractivity (Wildman–Crippen MR) is 162 cm³/mol. The van der Waals surface area contributed by atoms with Crippen LogP contribution in [-0.2, 0) is 13.0 Å². The Labute approximate surface area is 248 Å². The smallest absolute Gasteiger partial charge is 0.251 e. The average molecular weight is 592 g/mol. The zero-order valence-electron chi connectivity index (χ0n) is 24.3. The minimum absolute atomic E-state index is 0.0817. The Morgan fingerprint density at radius 2 is 1.93 bits per heavy atom. The molecule has 1 aliphatic rings. The molecule has 11 heteroatoms. The van der Waals surface area contributed by atoms with Crippen molar-refractivity contribution in [1.29, 1.82) is 5.41 Å². The molecule has 0 bridgehead atoms. The average Bonchev–Trinajstić information content (AvgIpc) is 3.37. The normalized spacial score (nSPS) is 14.5. The number of anilines is 1. The molecule has 0 spiro atoms. The zero-order chi connectivity index (χ0) is 30.7. The highest BCUT2D eigenvalue weighted by Crippen LogP contribution is 2.36. The molecule has 1 fully saturated rings. The Bertz CT molecular complexity index is 1640. The Morgan fingerprint density at radius 3 is 2.58 bits per heavy atom. The van der Waals surface area contributed by atoms with Crippen LogP contribution in [0.4, 0.5) is 19.0 Å². The number of nitrogens with one attached hydrogen (secondary N) is 2. The summed E-state index contributed by atoms with van der Waals surface area (Å²) in [4.78, 5) is 19.9. The standard InChI is InChI=1S/C32H36F3N7O/c1-19(2)13-27-30(31(37)43)29(24(16-36)32(40-27)39-23-7-10-41(11-8-23)12-9-33)21-4-6-28-22(15-21)17-38-42(28)18-20-3-5-25(34)26(35)14-20/h3-6,14-17,19,23,36H,7-13,18H2,1-2H3,(H2,37,43)(H,39,40). The third kappa shape index (κ3) is 6.56. The molecule has 2 aromatic carbocycles. The summed E-state index contributed by atoms with van der Waals surface area (Å²) in [7, 11) is 0. The van der Waals surface area contributed by atoms with Gasteiger partial charge in [0.1, 0.15) is 12.5 Å². The number of pyridine rings is 1. The number of hydrogen-bond donors (Lipinski definition) is 3. The van der Waals surface area contributed by atoms with Gasteiger partial charge >= 0.3 is 0 Å². The lowest BCUT2D eigenvalue weighted by molar-refractivity contribution is 0.0999. The summed E-state index contributed by atoms with van der Waals surface area (Å²) in [5.74, 6) is -1.74. The van der Waals surface area contributed by atoms with Crippen molar-refractivity contribution in [2.75, 3.05) is 31.6 Å². The SMILES string of the molecule is CC(C)Cc1nc(NC2CCN(CCF)CC2)c(C=N)c(-c2ccc3c(cnn3Cc3ccc(F)c(F)c3)c2)c1C(N)=O. The molecule has 0 atom stereocenters. The number of halogens is 3. The first-order valence-corrected chi connectivity index (χ1v) is 14.5. The van der Waals surface area contributed by atoms with E-state index in [0.29, 0.717) is 46.7 Å². The minimum atomic E-state index is -0.918. The third-order valence-corrected chi connectivity index (χ3v) is 7.88. The Morgan fingerprint density at radius 1 is 1.16 bits per heavy atom. The molecule has 0 saturated carbocycles. The fourth-order valence-corrected chi connectivity index (χ4v) is 5.79. The van der Waals surface area contributed by atoms with E-state index in [2.05, 4.69) is 15.3 Å². The molecule has 3 heterocycles. The third-order valence-electron chi connectivity index (χ3n) is 7.88. The van der Waals surface area contributed by atoms with E-state index >= 15 is 0 Å². The van der Waals surface area contributed by atoms with Crippen molar-refractivity contribution in [3.05, 3.63) is 76.6 Å². The molecule has 226 valence electrons. The number of carbonyl (C=O) groups excluding carboxylic acids is 1. The van der Waals surface area contributed by atoms with Gasteiger partial charge in [0.15, 0.2) is 11.6 Å². The lowest BCUT2D eigenvalue weighted by atomic mass is 9.90. The molecule has 5 rings (SSSR count). The first kappa shape index (κ1) is 30.2. The molecule has 1 saturated heterocycles. The van der Waals surface area contributed by atoms with Gasteiger partial charge < -0.3 is 21.4 Å². The van der Waals surface area contributed by atoms with Gasteiger partial charge in [-0.05, 0) is 60.6 Å². The van der Waals surface area contributed by atoms with Crippen molar-refractivity contribution >= 4 is 28.8 Å². The highest BCUT2D eigenvalue weighted by atomic mass is 19.2. The number of fused-ring (bicyclic) bond motifs is 1. The van der Waals surface area contributed by atoms with Crippen LogP contribution in [0.2, 0.25) is 0 Å². The number of rotatable bonds is 11. The number of piperidine rings is 1. The molecular weight excluding hydrogens is 555 g/mol. The minimum Gasteiger partial charge on any atom is -0.367 e. The summed E-state index contributed by atoms with van der Waals surface area (Å²) in [6.45, 7) is 5.89. The number of aromatic nitrogens is 3. The van der Waals surface area contributed by atoms with Crippen LogP contribution in [-0.4, -0.2) is 64.1 Å². The van der Waals surface area contributed by atoms with Gasteiger partial charge in [-0.1, -0.05) is 26.0 Å². The molecule has 4 aromatic rings. The van der Waals surface area contributed by atoms with E-state index in [-0.39, 0.29) is 30.7 Å². The number of alkyl halides is 1. The number of amides is 1. The van der Waals surface area contributed by atoms with Crippen LogP contribution in [0.1, 0.15) is 53.9 Å². The number of primary amides is 1. The van der Waals surface area contributed by atoms with Gasteiger partial charge in [0.05, 0.1) is 29.5 Å². The molecular formula is C32H36F3N7O. The highest BCUT2D eigenvalue weighted by Gasteiger charge is 2.27. The van der Waals surface area contributed by atoms with Crippen molar-refractivity contribution in [3.8, 4) is 11.1 Å². The lowest BCUT2D eigenvalue weighted by Gasteiger charge is -2.32. The first-order valence-electron chi connectivity index (χ1n) is 14.5. The van der Waals surface area contributed by atoms with Gasteiger partial charge in [0.25, 0.3) is 5.91 Å². The molecule has 8 nitrogen and oxygen atoms in total. The van der Waals surface area contributed by atoms with Crippen molar-refractivity contribution in [2.24, 2.45) is 11.7 Å². The summed E-state index contributed by atoms with van der Waals surface area (Å²) >= 11 is 0. The first-order chi connectivity index (χ1) is 20.7. The quantitative estimate of drug-likeness (QED) is 0.198. The van der Waals surface area contributed by atoms with Gasteiger partial charge in [-0.2, -0.15) is 5.10 Å². The number of carbonyl (C=O) groups is 1. The van der Waals surface area contributed by atoms with E-state index in [1.807, 2.05) is 32.0 Å². The van der Waals surface area contributed by atoms with E-state index in [1.54, 1.807) is 10.9 Å². The Balaban J connectivity index is 1.56. The highest BCUT2D eigenvalue weighted by molar-refractivity contribution is 6.08. The summed E-state index contributed by atoms with van der Waals surface area (Å²) in [5, 5.41) is 17.1. The lowest BCUT2D eigenvalue weighted by Crippen LogP contribution is -2.40. The van der Waals surface area contributed by atoms with E-state index in [1.165, 1.54) is 12.3 Å².